The maximum atomic E-state index is 9.71. The van der Waals surface area contributed by atoms with Crippen LogP contribution in [0.5, 0.6) is 5.75 Å². The maximum Gasteiger partial charge on any atom is 0.141 e. The van der Waals surface area contributed by atoms with Gasteiger partial charge in [-0.05, 0) is 31.0 Å². The fourth-order valence-electron chi connectivity index (χ4n) is 2.59. The van der Waals surface area contributed by atoms with Crippen LogP contribution in [0, 0.1) is 0 Å². The molecule has 1 saturated carbocycles. The Morgan fingerprint density at radius 1 is 1.11 bits per heavy atom. The van der Waals surface area contributed by atoms with Crippen molar-refractivity contribution in [1.29, 1.82) is 0 Å². The molecule has 0 saturated heterocycles. The van der Waals surface area contributed by atoms with E-state index in [-0.39, 0.29) is 5.75 Å². The van der Waals surface area contributed by atoms with Crippen molar-refractivity contribution >= 4 is 22.5 Å². The van der Waals surface area contributed by atoms with E-state index in [1.54, 1.807) is 0 Å². The van der Waals surface area contributed by atoms with E-state index >= 15 is 0 Å². The number of aromatic hydroxyl groups is 1. The lowest BCUT2D eigenvalue weighted by atomic mass is 10.0. The normalized spacial score (nSPS) is 17.1. The highest BCUT2D eigenvalue weighted by Gasteiger charge is 2.14. The fraction of sp³-hybridized carbons (Fsp3) is 0.400. The molecule has 1 aliphatic carbocycles. The molecule has 0 atom stereocenters. The van der Waals surface area contributed by atoms with Crippen LogP contribution in [0.2, 0.25) is 0 Å². The van der Waals surface area contributed by atoms with Gasteiger partial charge in [-0.3, -0.25) is 4.98 Å². The van der Waals surface area contributed by atoms with Gasteiger partial charge >= 0.3 is 0 Å². The summed E-state index contributed by atoms with van der Waals surface area (Å²) in [5.41, 5.74) is 0. The second-order valence-electron chi connectivity index (χ2n) is 4.92. The summed E-state index contributed by atoms with van der Waals surface area (Å²) in [7, 11) is 0. The van der Waals surface area contributed by atoms with Gasteiger partial charge in [-0.2, -0.15) is 0 Å². The van der Waals surface area contributed by atoms with E-state index in [1.165, 1.54) is 43.2 Å². The summed E-state index contributed by atoms with van der Waals surface area (Å²) in [6.45, 7) is 0. The number of hydrogen-bond acceptors (Lipinski definition) is 3. The lowest BCUT2D eigenvalue weighted by Gasteiger charge is -2.21. The number of aromatic nitrogens is 1. The van der Waals surface area contributed by atoms with Crippen molar-refractivity contribution in [3.05, 3.63) is 30.6 Å². The third-order valence-electron chi connectivity index (χ3n) is 3.56. The first-order valence-corrected chi connectivity index (χ1v) is 7.44. The Kier molecular flexibility index (Phi) is 3.41. The number of pyridine rings is 1. The van der Waals surface area contributed by atoms with E-state index in [9.17, 15) is 5.11 Å². The minimum atomic E-state index is 0.265. The average molecular weight is 259 g/mol. The molecule has 0 unspecified atom stereocenters. The first-order valence-electron chi connectivity index (χ1n) is 6.56. The summed E-state index contributed by atoms with van der Waals surface area (Å²) in [6.07, 6.45) is 10.1. The van der Waals surface area contributed by atoms with Crippen LogP contribution < -0.4 is 0 Å². The highest BCUT2D eigenvalue weighted by molar-refractivity contribution is 8.00. The van der Waals surface area contributed by atoms with Crippen LogP contribution in [0.1, 0.15) is 32.1 Å². The van der Waals surface area contributed by atoms with Gasteiger partial charge < -0.3 is 5.11 Å². The zero-order valence-electron chi connectivity index (χ0n) is 10.3. The molecule has 94 valence electrons. The molecule has 0 amide bonds. The van der Waals surface area contributed by atoms with Gasteiger partial charge in [0, 0.05) is 27.1 Å². The first-order chi connectivity index (χ1) is 8.83. The second-order valence-corrected chi connectivity index (χ2v) is 6.29. The third kappa shape index (κ3) is 2.46. The molecule has 3 heteroatoms. The summed E-state index contributed by atoms with van der Waals surface area (Å²) < 4.78 is 0. The van der Waals surface area contributed by atoms with Crippen LogP contribution in [-0.4, -0.2) is 15.3 Å². The van der Waals surface area contributed by atoms with Gasteiger partial charge in [0.2, 0.25) is 0 Å². The average Bonchev–Trinajstić information content (AvgIpc) is 2.40. The Labute approximate surface area is 111 Å². The van der Waals surface area contributed by atoms with E-state index in [0.29, 0.717) is 0 Å². The van der Waals surface area contributed by atoms with Crippen molar-refractivity contribution in [3.8, 4) is 5.75 Å². The molecule has 18 heavy (non-hydrogen) atoms. The monoisotopic (exact) mass is 259 g/mol. The number of rotatable bonds is 2. The molecule has 3 rings (SSSR count). The van der Waals surface area contributed by atoms with Crippen LogP contribution in [0.4, 0.5) is 0 Å². The Morgan fingerprint density at radius 3 is 2.78 bits per heavy atom. The molecule has 0 radical (unpaired) electrons. The van der Waals surface area contributed by atoms with E-state index in [0.717, 1.165) is 16.0 Å². The van der Waals surface area contributed by atoms with Crippen LogP contribution in [-0.2, 0) is 0 Å². The molecule has 0 aliphatic heterocycles. The fourth-order valence-corrected chi connectivity index (χ4v) is 3.88. The summed E-state index contributed by atoms with van der Waals surface area (Å²) in [4.78, 5) is 5.33. The molecule has 1 aromatic carbocycles. The van der Waals surface area contributed by atoms with Crippen molar-refractivity contribution in [3.63, 3.8) is 0 Å². The molecular formula is C15H17NOS. The molecule has 0 spiro atoms. The van der Waals surface area contributed by atoms with Crippen molar-refractivity contribution in [2.75, 3.05) is 0 Å². The Balaban J connectivity index is 1.84. The molecule has 1 N–H and O–H groups in total. The number of nitrogens with zero attached hydrogens (tertiary/aromatic N) is 1. The molecule has 0 bridgehead atoms. The van der Waals surface area contributed by atoms with E-state index in [1.807, 2.05) is 24.0 Å². The molecule has 1 heterocycles. The van der Waals surface area contributed by atoms with Gasteiger partial charge in [-0.25, -0.2) is 0 Å². The van der Waals surface area contributed by atoms with Crippen molar-refractivity contribution in [1.82, 2.24) is 4.98 Å². The van der Waals surface area contributed by atoms with E-state index in [2.05, 4.69) is 17.1 Å². The molecule has 2 nitrogen and oxygen atoms in total. The van der Waals surface area contributed by atoms with Gasteiger partial charge in [0.25, 0.3) is 0 Å². The zero-order valence-corrected chi connectivity index (χ0v) is 11.1. The number of thioether (sulfide) groups is 1. The summed E-state index contributed by atoms with van der Waals surface area (Å²) in [5.74, 6) is 0.265. The highest BCUT2D eigenvalue weighted by Crippen LogP contribution is 2.35. The summed E-state index contributed by atoms with van der Waals surface area (Å²) in [6, 6.07) is 6.25. The van der Waals surface area contributed by atoms with Crippen LogP contribution in [0.15, 0.2) is 35.5 Å². The third-order valence-corrected chi connectivity index (χ3v) is 4.90. The van der Waals surface area contributed by atoms with Gasteiger partial charge in [-0.1, -0.05) is 19.3 Å². The number of benzene rings is 1. The minimum absolute atomic E-state index is 0.265. The molecule has 2 aromatic rings. The Hall–Kier alpha value is -1.22. The van der Waals surface area contributed by atoms with E-state index < -0.39 is 0 Å². The molecular weight excluding hydrogens is 242 g/mol. The van der Waals surface area contributed by atoms with Crippen LogP contribution >= 0.6 is 11.8 Å². The maximum absolute atomic E-state index is 9.71. The molecule has 1 fully saturated rings. The predicted molar refractivity (Wildman–Crippen MR) is 76.1 cm³/mol. The summed E-state index contributed by atoms with van der Waals surface area (Å²) in [5, 5.41) is 12.4. The highest BCUT2D eigenvalue weighted by atomic mass is 32.2. The standard InChI is InChI=1S/C15H17NOS/c17-15-10-16-9-11-8-13(6-7-14(11)15)18-12-4-2-1-3-5-12/h6-10,12,17H,1-5H2. The molecule has 1 aliphatic rings. The number of fused-ring (bicyclic) bond motifs is 1. The first kappa shape index (κ1) is 11.8. The quantitative estimate of drug-likeness (QED) is 0.869. The smallest absolute Gasteiger partial charge is 0.141 e. The lowest BCUT2D eigenvalue weighted by molar-refractivity contribution is 0.479. The van der Waals surface area contributed by atoms with Crippen molar-refractivity contribution in [2.45, 2.75) is 42.2 Å². The minimum Gasteiger partial charge on any atom is -0.506 e. The zero-order chi connectivity index (χ0) is 12.4. The number of hydrogen-bond donors (Lipinski definition) is 1. The van der Waals surface area contributed by atoms with Gasteiger partial charge in [0.15, 0.2) is 0 Å². The Bertz CT molecular complexity index is 549. The lowest BCUT2D eigenvalue weighted by Crippen LogP contribution is -2.07. The van der Waals surface area contributed by atoms with Gasteiger partial charge in [0.1, 0.15) is 5.75 Å². The van der Waals surface area contributed by atoms with Crippen LogP contribution in [0.25, 0.3) is 10.8 Å². The topological polar surface area (TPSA) is 33.1 Å². The molecule has 1 aromatic heterocycles. The SMILES string of the molecule is Oc1cncc2cc(SC3CCCCC3)ccc12. The van der Waals surface area contributed by atoms with Crippen LogP contribution in [0.3, 0.4) is 0 Å². The van der Waals surface area contributed by atoms with Crippen molar-refractivity contribution in [2.24, 2.45) is 0 Å². The van der Waals surface area contributed by atoms with Gasteiger partial charge in [0.05, 0.1) is 6.20 Å². The van der Waals surface area contributed by atoms with Crippen molar-refractivity contribution < 1.29 is 5.11 Å². The largest absolute Gasteiger partial charge is 0.506 e. The van der Waals surface area contributed by atoms with E-state index in [4.69, 9.17) is 0 Å². The predicted octanol–water partition coefficient (Wildman–Crippen LogP) is 4.37. The summed E-state index contributed by atoms with van der Waals surface area (Å²) >= 11 is 1.98. The van der Waals surface area contributed by atoms with Gasteiger partial charge in [-0.15, -0.1) is 11.8 Å². The second kappa shape index (κ2) is 5.19. The Morgan fingerprint density at radius 2 is 1.94 bits per heavy atom.